The van der Waals surface area contributed by atoms with Gasteiger partial charge in [-0.25, -0.2) is 0 Å². The van der Waals surface area contributed by atoms with E-state index < -0.39 is 0 Å². The molecule has 4 heteroatoms. The zero-order chi connectivity index (χ0) is 37.1. The number of nitrogens with zero attached hydrogens (tertiary/aromatic N) is 4. The van der Waals surface area contributed by atoms with Crippen LogP contribution in [0.3, 0.4) is 0 Å². The van der Waals surface area contributed by atoms with Crippen molar-refractivity contribution in [2.24, 2.45) is 4.99 Å². The highest BCUT2D eigenvalue weighted by atomic mass is 15.0. The third kappa shape index (κ3) is 4.59. The summed E-state index contributed by atoms with van der Waals surface area (Å²) < 4.78 is 5.21. The van der Waals surface area contributed by atoms with E-state index in [4.69, 9.17) is 0 Å². The predicted octanol–water partition coefficient (Wildman–Crippen LogP) is 12.7. The molecular formula is C52H40N4. The van der Waals surface area contributed by atoms with Crippen LogP contribution >= 0.6 is 0 Å². The molecule has 9 aromatic rings. The summed E-state index contributed by atoms with van der Waals surface area (Å²) in [6, 6.07) is 45.6. The lowest BCUT2D eigenvalue weighted by atomic mass is 9.74. The summed E-state index contributed by atoms with van der Waals surface area (Å²) in [7, 11) is 0. The summed E-state index contributed by atoms with van der Waals surface area (Å²) >= 11 is 0. The number of rotatable bonds is 4. The molecule has 4 nitrogen and oxygen atoms in total. The molecule has 0 radical (unpaired) electrons. The van der Waals surface area contributed by atoms with Crippen molar-refractivity contribution in [2.75, 3.05) is 0 Å². The van der Waals surface area contributed by atoms with Crippen molar-refractivity contribution in [1.82, 2.24) is 14.1 Å². The fraction of sp³-hybridized carbons (Fsp3) is 0.154. The molecule has 56 heavy (non-hydrogen) atoms. The number of aliphatic imine (C=N–C) groups is 1. The van der Waals surface area contributed by atoms with E-state index in [-0.39, 0.29) is 6.04 Å². The van der Waals surface area contributed by atoms with Crippen molar-refractivity contribution in [3.8, 4) is 39.1 Å². The first-order chi connectivity index (χ1) is 27.6. The van der Waals surface area contributed by atoms with Crippen molar-refractivity contribution >= 4 is 49.3 Å². The van der Waals surface area contributed by atoms with Crippen LogP contribution in [0.2, 0.25) is 0 Å². The second kappa shape index (κ2) is 12.0. The standard InChI is InChI=1S/C52H40N4/c1-31-25-39(21-23-53-31)55-47-19-15-35(33-9-5-3-6-10-33)27-43(47)45-29-37-14-18-42-50-38(13-17-41(49(37)50)51(45)55)30-46-44-28-36(34-11-7-4-8-12-34)16-20-48(44)56(52(42)46)40-22-24-54-32(2)26-40/h3-12,15-16,19-25,27-30,40H,13-14,17-18,26H2,1-2H3. The molecule has 0 saturated carbocycles. The highest BCUT2D eigenvalue weighted by Crippen LogP contribution is 2.52. The van der Waals surface area contributed by atoms with Crippen LogP contribution in [0.25, 0.3) is 82.7 Å². The summed E-state index contributed by atoms with van der Waals surface area (Å²) in [6.45, 7) is 4.27. The van der Waals surface area contributed by atoms with Crippen LogP contribution < -0.4 is 0 Å². The maximum Gasteiger partial charge on any atom is 0.0592 e. The minimum Gasteiger partial charge on any atom is -0.333 e. The molecule has 0 N–H and O–H groups in total. The largest absolute Gasteiger partial charge is 0.333 e. The van der Waals surface area contributed by atoms with Gasteiger partial charge in [-0.3, -0.25) is 9.98 Å². The van der Waals surface area contributed by atoms with Gasteiger partial charge in [-0.1, -0.05) is 72.8 Å². The molecule has 0 fully saturated rings. The van der Waals surface area contributed by atoms with E-state index in [0.717, 1.165) is 37.8 Å². The summed E-state index contributed by atoms with van der Waals surface area (Å²) in [5.74, 6) is 0. The molecule has 6 aromatic carbocycles. The molecule has 1 unspecified atom stereocenters. The van der Waals surface area contributed by atoms with E-state index in [1.54, 1.807) is 0 Å². The lowest BCUT2D eigenvalue weighted by molar-refractivity contribution is 0.657. The number of allylic oxidation sites excluding steroid dienone is 1. The minimum absolute atomic E-state index is 0.215. The number of hydrogen-bond donors (Lipinski definition) is 0. The number of fused-ring (bicyclic) bond motifs is 8. The molecule has 1 aliphatic heterocycles. The second-order valence-corrected chi connectivity index (χ2v) is 16.1. The number of pyridine rings is 1. The van der Waals surface area contributed by atoms with Gasteiger partial charge >= 0.3 is 0 Å². The predicted molar refractivity (Wildman–Crippen MR) is 233 cm³/mol. The maximum atomic E-state index is 4.68. The Kier molecular flexibility index (Phi) is 6.81. The van der Waals surface area contributed by atoms with Gasteiger partial charge in [-0.2, -0.15) is 0 Å². The van der Waals surface area contributed by atoms with Crippen LogP contribution in [0.4, 0.5) is 0 Å². The van der Waals surface area contributed by atoms with E-state index in [1.807, 2.05) is 12.4 Å². The van der Waals surface area contributed by atoms with Gasteiger partial charge in [0.05, 0.1) is 22.6 Å². The van der Waals surface area contributed by atoms with Gasteiger partial charge in [0.15, 0.2) is 0 Å². The van der Waals surface area contributed by atoms with Gasteiger partial charge in [0, 0.05) is 63.0 Å². The van der Waals surface area contributed by atoms with Gasteiger partial charge in [0.2, 0.25) is 0 Å². The highest BCUT2D eigenvalue weighted by Gasteiger charge is 2.33. The first kappa shape index (κ1) is 31.8. The Morgan fingerprint density at radius 3 is 1.80 bits per heavy atom. The average molecular weight is 721 g/mol. The lowest BCUT2D eigenvalue weighted by Gasteiger charge is -2.32. The van der Waals surface area contributed by atoms with Crippen LogP contribution in [-0.2, 0) is 25.7 Å². The molecule has 0 amide bonds. The maximum absolute atomic E-state index is 4.68. The smallest absolute Gasteiger partial charge is 0.0592 e. The van der Waals surface area contributed by atoms with Crippen molar-refractivity contribution in [2.45, 2.75) is 52.0 Å². The quantitative estimate of drug-likeness (QED) is 0.178. The summed E-state index contributed by atoms with van der Waals surface area (Å²) in [6.07, 6.45) is 11.3. The van der Waals surface area contributed by atoms with Gasteiger partial charge in [0.25, 0.3) is 0 Å². The van der Waals surface area contributed by atoms with Crippen LogP contribution in [0.15, 0.2) is 145 Å². The van der Waals surface area contributed by atoms with E-state index in [1.165, 1.54) is 111 Å². The first-order valence-electron chi connectivity index (χ1n) is 20.1. The monoisotopic (exact) mass is 720 g/mol. The Bertz CT molecular complexity index is 3180. The minimum atomic E-state index is 0.215. The zero-order valence-electron chi connectivity index (χ0n) is 31.7. The lowest BCUT2D eigenvalue weighted by Crippen LogP contribution is -2.18. The van der Waals surface area contributed by atoms with E-state index in [2.05, 4.69) is 160 Å². The zero-order valence-corrected chi connectivity index (χ0v) is 31.7. The van der Waals surface area contributed by atoms with Crippen LogP contribution in [-0.4, -0.2) is 19.8 Å². The van der Waals surface area contributed by atoms with Crippen molar-refractivity contribution in [3.63, 3.8) is 0 Å². The fourth-order valence-electron chi connectivity index (χ4n) is 10.5. The summed E-state index contributed by atoms with van der Waals surface area (Å²) in [5, 5.41) is 5.42. The Morgan fingerprint density at radius 2 is 1.16 bits per heavy atom. The topological polar surface area (TPSA) is 35.1 Å². The Balaban J connectivity index is 1.16. The highest BCUT2D eigenvalue weighted by molar-refractivity contribution is 6.16. The van der Waals surface area contributed by atoms with Gasteiger partial charge in [0.1, 0.15) is 0 Å². The third-order valence-corrected chi connectivity index (χ3v) is 12.8. The van der Waals surface area contributed by atoms with Crippen molar-refractivity contribution in [1.29, 1.82) is 0 Å². The molecule has 4 heterocycles. The first-order valence-corrected chi connectivity index (χ1v) is 20.1. The Labute approximate surface area is 326 Å². The van der Waals surface area contributed by atoms with Gasteiger partial charge in [-0.15, -0.1) is 0 Å². The molecule has 12 rings (SSSR count). The number of aromatic nitrogens is 3. The van der Waals surface area contributed by atoms with Crippen LogP contribution in [0.1, 0.15) is 47.3 Å². The van der Waals surface area contributed by atoms with E-state index in [9.17, 15) is 0 Å². The number of aryl methyl sites for hydroxylation is 5. The number of hydrogen-bond acceptors (Lipinski definition) is 2. The van der Waals surface area contributed by atoms with Crippen molar-refractivity contribution < 1.29 is 0 Å². The third-order valence-electron chi connectivity index (χ3n) is 12.8. The second-order valence-electron chi connectivity index (χ2n) is 16.1. The Morgan fingerprint density at radius 1 is 0.554 bits per heavy atom. The van der Waals surface area contributed by atoms with E-state index in [0.29, 0.717) is 0 Å². The molecule has 3 aromatic heterocycles. The van der Waals surface area contributed by atoms with Crippen LogP contribution in [0.5, 0.6) is 0 Å². The Hall–Kier alpha value is -6.52. The molecule has 1 atom stereocenters. The summed E-state index contributed by atoms with van der Waals surface area (Å²) in [4.78, 5) is 9.29. The normalized spacial score (nSPS) is 15.9. The molecule has 0 bridgehead atoms. The molecular weight excluding hydrogens is 681 g/mol. The van der Waals surface area contributed by atoms with E-state index >= 15 is 0 Å². The number of benzene rings is 6. The molecule has 3 aliphatic rings. The molecule has 2 aliphatic carbocycles. The SMILES string of the molecule is CC1=NC=CC(n2c3ccc(-c4ccccc4)cc3c3cc4c5c(c32)CCc2cc3c6cc(-c7ccccc7)ccc6n(-c6ccnc(C)c6)c3c(c2-5)CC4)C1. The molecule has 0 saturated heterocycles. The molecule has 0 spiro atoms. The summed E-state index contributed by atoms with van der Waals surface area (Å²) in [5.41, 5.74) is 22.7. The fourth-order valence-corrected chi connectivity index (χ4v) is 10.5. The van der Waals surface area contributed by atoms with Crippen molar-refractivity contribution in [3.05, 3.63) is 168 Å². The van der Waals surface area contributed by atoms with Gasteiger partial charge < -0.3 is 9.13 Å². The van der Waals surface area contributed by atoms with Crippen LogP contribution in [0, 0.1) is 6.92 Å². The van der Waals surface area contributed by atoms with Gasteiger partial charge in [-0.05, 0) is 150 Å². The average Bonchev–Trinajstić information content (AvgIpc) is 3.75. The molecule has 268 valence electrons.